The van der Waals surface area contributed by atoms with Crippen molar-refractivity contribution >= 4 is 23.2 Å². The number of nitrogens with one attached hydrogen (secondary N) is 1. The van der Waals surface area contributed by atoms with E-state index < -0.39 is 0 Å². The van der Waals surface area contributed by atoms with Crippen LogP contribution in [0.3, 0.4) is 0 Å². The molecule has 0 saturated carbocycles. The third kappa shape index (κ3) is 5.12. The summed E-state index contributed by atoms with van der Waals surface area (Å²) in [7, 11) is 2.04. The molecule has 1 saturated heterocycles. The maximum Gasteiger partial charge on any atom is 0.274 e. The molecule has 0 radical (unpaired) electrons. The van der Waals surface area contributed by atoms with E-state index in [4.69, 9.17) is 0 Å². The quantitative estimate of drug-likeness (QED) is 0.814. The number of benzene rings is 1. The number of carbonyl (C=O) groups excluding carboxylic acids is 2. The van der Waals surface area contributed by atoms with Gasteiger partial charge in [0.1, 0.15) is 11.4 Å². The Hall–Kier alpha value is -2.93. The van der Waals surface area contributed by atoms with Gasteiger partial charge in [-0.15, -0.1) is 0 Å². The van der Waals surface area contributed by atoms with Crippen LogP contribution in [-0.4, -0.2) is 72.9 Å². The van der Waals surface area contributed by atoms with Gasteiger partial charge in [-0.25, -0.2) is 4.98 Å². The molecule has 7 nitrogen and oxygen atoms in total. The standard InChI is InChI=1S/C22H29N5O2/c1-4-26(5-2)18-11-9-17(10-12-18)23-21(28)19-7-6-8-20(24-19)22(29)27-15-13-25(3)14-16-27/h6-12H,4-5,13-16H2,1-3H3,(H,23,28). The lowest BCUT2D eigenvalue weighted by atomic mass is 10.2. The zero-order valence-corrected chi connectivity index (χ0v) is 17.4. The fourth-order valence-corrected chi connectivity index (χ4v) is 3.39. The van der Waals surface area contributed by atoms with Crippen molar-refractivity contribution in [2.24, 2.45) is 0 Å². The zero-order chi connectivity index (χ0) is 20.8. The molecule has 7 heteroatoms. The van der Waals surface area contributed by atoms with E-state index in [1.807, 2.05) is 31.3 Å². The summed E-state index contributed by atoms with van der Waals surface area (Å²) < 4.78 is 0. The second-order valence-corrected chi connectivity index (χ2v) is 7.18. The normalized spacial score (nSPS) is 14.5. The molecule has 2 aromatic rings. The summed E-state index contributed by atoms with van der Waals surface area (Å²) >= 11 is 0. The van der Waals surface area contributed by atoms with Gasteiger partial charge in [0.15, 0.2) is 0 Å². The minimum absolute atomic E-state index is 0.128. The van der Waals surface area contributed by atoms with Crippen molar-refractivity contribution in [3.63, 3.8) is 0 Å². The van der Waals surface area contributed by atoms with E-state index in [2.05, 4.69) is 33.9 Å². The maximum atomic E-state index is 12.7. The van der Waals surface area contributed by atoms with E-state index in [1.165, 1.54) is 0 Å². The lowest BCUT2D eigenvalue weighted by Crippen LogP contribution is -2.47. The Morgan fingerprint density at radius 2 is 1.59 bits per heavy atom. The summed E-state index contributed by atoms with van der Waals surface area (Å²) in [5, 5.41) is 2.86. The van der Waals surface area contributed by atoms with E-state index in [1.54, 1.807) is 23.1 Å². The number of carbonyl (C=O) groups is 2. The SMILES string of the molecule is CCN(CC)c1ccc(NC(=O)c2cccc(C(=O)N3CCN(C)CC3)n2)cc1. The van der Waals surface area contributed by atoms with Crippen LogP contribution in [0.25, 0.3) is 0 Å². The Morgan fingerprint density at radius 3 is 2.21 bits per heavy atom. The highest BCUT2D eigenvalue weighted by atomic mass is 16.2. The largest absolute Gasteiger partial charge is 0.372 e. The summed E-state index contributed by atoms with van der Waals surface area (Å²) in [4.78, 5) is 35.9. The second-order valence-electron chi connectivity index (χ2n) is 7.18. The van der Waals surface area contributed by atoms with Crippen molar-refractivity contribution in [3.05, 3.63) is 53.9 Å². The third-order valence-electron chi connectivity index (χ3n) is 5.25. The minimum Gasteiger partial charge on any atom is -0.372 e. The van der Waals surface area contributed by atoms with Crippen molar-refractivity contribution in [2.75, 3.05) is 56.5 Å². The number of anilines is 2. The van der Waals surface area contributed by atoms with Crippen LogP contribution in [0.1, 0.15) is 34.8 Å². The van der Waals surface area contributed by atoms with E-state index in [0.29, 0.717) is 24.5 Å². The second kappa shape index (κ2) is 9.52. The number of nitrogens with zero attached hydrogens (tertiary/aromatic N) is 4. The molecule has 1 aliphatic rings. The highest BCUT2D eigenvalue weighted by molar-refractivity contribution is 6.04. The molecule has 1 aromatic carbocycles. The van der Waals surface area contributed by atoms with Gasteiger partial charge in [0, 0.05) is 50.6 Å². The minimum atomic E-state index is -0.325. The van der Waals surface area contributed by atoms with E-state index in [0.717, 1.165) is 31.9 Å². The Balaban J connectivity index is 1.67. The molecule has 1 fully saturated rings. The molecular weight excluding hydrogens is 366 g/mol. The highest BCUT2D eigenvalue weighted by Crippen LogP contribution is 2.18. The molecule has 0 bridgehead atoms. The topological polar surface area (TPSA) is 68.8 Å². The number of pyridine rings is 1. The van der Waals surface area contributed by atoms with Gasteiger partial charge in [-0.3, -0.25) is 9.59 Å². The molecule has 1 N–H and O–H groups in total. The Labute approximate surface area is 172 Å². The molecule has 0 spiro atoms. The van der Waals surface area contributed by atoms with Crippen LogP contribution in [-0.2, 0) is 0 Å². The first kappa shape index (κ1) is 20.8. The molecule has 154 valence electrons. The van der Waals surface area contributed by atoms with Crippen LogP contribution < -0.4 is 10.2 Å². The third-order valence-corrected chi connectivity index (χ3v) is 5.25. The smallest absolute Gasteiger partial charge is 0.274 e. The predicted molar refractivity (Wildman–Crippen MR) is 116 cm³/mol. The molecule has 2 amide bonds. The number of piperazine rings is 1. The number of rotatable bonds is 6. The molecule has 29 heavy (non-hydrogen) atoms. The fourth-order valence-electron chi connectivity index (χ4n) is 3.39. The summed E-state index contributed by atoms with van der Waals surface area (Å²) in [6.07, 6.45) is 0. The number of amides is 2. The first-order valence-corrected chi connectivity index (χ1v) is 10.1. The van der Waals surface area contributed by atoms with Gasteiger partial charge in [0.2, 0.25) is 0 Å². The monoisotopic (exact) mass is 395 g/mol. The summed E-state index contributed by atoms with van der Waals surface area (Å²) in [5.41, 5.74) is 2.35. The Morgan fingerprint density at radius 1 is 0.966 bits per heavy atom. The van der Waals surface area contributed by atoms with Crippen molar-refractivity contribution in [1.82, 2.24) is 14.8 Å². The lowest BCUT2D eigenvalue weighted by Gasteiger charge is -2.32. The van der Waals surface area contributed by atoms with Crippen LogP contribution in [0.15, 0.2) is 42.5 Å². The van der Waals surface area contributed by atoms with Gasteiger partial charge in [-0.2, -0.15) is 0 Å². The Kier molecular flexibility index (Phi) is 6.82. The average molecular weight is 396 g/mol. The van der Waals surface area contributed by atoms with Crippen LogP contribution in [0, 0.1) is 0 Å². The van der Waals surface area contributed by atoms with Gasteiger partial charge >= 0.3 is 0 Å². The molecule has 0 unspecified atom stereocenters. The summed E-state index contributed by atoms with van der Waals surface area (Å²) in [6.45, 7) is 9.12. The van der Waals surface area contributed by atoms with Crippen LogP contribution in [0.4, 0.5) is 11.4 Å². The number of aromatic nitrogens is 1. The van der Waals surface area contributed by atoms with Gasteiger partial charge in [0.25, 0.3) is 11.8 Å². The van der Waals surface area contributed by atoms with Gasteiger partial charge in [0.05, 0.1) is 0 Å². The van der Waals surface area contributed by atoms with Gasteiger partial charge in [-0.05, 0) is 57.3 Å². The molecular formula is C22H29N5O2. The van der Waals surface area contributed by atoms with Crippen LogP contribution in [0.2, 0.25) is 0 Å². The molecule has 3 rings (SSSR count). The molecule has 1 aliphatic heterocycles. The predicted octanol–water partition coefficient (Wildman–Crippen LogP) is 2.57. The first-order chi connectivity index (χ1) is 14.0. The Bertz CT molecular complexity index is 841. The van der Waals surface area contributed by atoms with E-state index in [9.17, 15) is 9.59 Å². The molecule has 0 atom stereocenters. The fraction of sp³-hybridized carbons (Fsp3) is 0.409. The molecule has 2 heterocycles. The number of hydrogen-bond donors (Lipinski definition) is 1. The maximum absolute atomic E-state index is 12.7. The van der Waals surface area contributed by atoms with Crippen LogP contribution >= 0.6 is 0 Å². The summed E-state index contributed by atoms with van der Waals surface area (Å²) in [5.74, 6) is -0.454. The number of likely N-dealkylation sites (N-methyl/N-ethyl adjacent to an activating group) is 1. The van der Waals surface area contributed by atoms with Gasteiger partial charge in [-0.1, -0.05) is 6.07 Å². The van der Waals surface area contributed by atoms with Crippen molar-refractivity contribution in [3.8, 4) is 0 Å². The van der Waals surface area contributed by atoms with Crippen LogP contribution in [0.5, 0.6) is 0 Å². The first-order valence-electron chi connectivity index (χ1n) is 10.1. The van der Waals surface area contributed by atoms with Crippen molar-refractivity contribution in [2.45, 2.75) is 13.8 Å². The summed E-state index contributed by atoms with van der Waals surface area (Å²) in [6, 6.07) is 12.7. The molecule has 1 aromatic heterocycles. The highest BCUT2D eigenvalue weighted by Gasteiger charge is 2.22. The van der Waals surface area contributed by atoms with E-state index in [-0.39, 0.29) is 17.5 Å². The molecule has 0 aliphatic carbocycles. The van der Waals surface area contributed by atoms with E-state index >= 15 is 0 Å². The zero-order valence-electron chi connectivity index (χ0n) is 17.4. The van der Waals surface area contributed by atoms with Crippen molar-refractivity contribution < 1.29 is 9.59 Å². The average Bonchev–Trinajstić information content (AvgIpc) is 2.76. The van der Waals surface area contributed by atoms with Gasteiger partial charge < -0.3 is 20.0 Å². The lowest BCUT2D eigenvalue weighted by molar-refractivity contribution is 0.0658. The number of hydrogen-bond acceptors (Lipinski definition) is 5. The van der Waals surface area contributed by atoms with Crippen molar-refractivity contribution in [1.29, 1.82) is 0 Å².